The molecule has 0 aliphatic carbocycles. The fraction of sp³-hybridized carbons (Fsp3) is 0.409. The number of hydrogen-bond acceptors (Lipinski definition) is 4. The Bertz CT molecular complexity index is 837. The number of ketones is 1. The highest BCUT2D eigenvalue weighted by Gasteiger charge is 2.12. The fourth-order valence-corrected chi connectivity index (χ4v) is 6.09. The molecule has 0 bridgehead atoms. The number of Topliss-reactive ketones (excluding diaryl/α,β-unsaturated/α-hetero) is 1. The zero-order valence-electron chi connectivity index (χ0n) is 15.5. The van der Waals surface area contributed by atoms with E-state index in [1.807, 2.05) is 28.7 Å². The summed E-state index contributed by atoms with van der Waals surface area (Å²) in [6, 6.07) is 13.1. The Labute approximate surface area is 168 Å². The summed E-state index contributed by atoms with van der Waals surface area (Å²) in [4.78, 5) is 19.8. The average Bonchev–Trinajstić information content (AvgIpc) is 3.38. The van der Waals surface area contributed by atoms with Crippen LogP contribution in [-0.2, 0) is 6.42 Å². The number of aryl methyl sites for hydroxylation is 1. The van der Waals surface area contributed by atoms with Gasteiger partial charge in [0.15, 0.2) is 5.78 Å². The Morgan fingerprint density at radius 1 is 0.731 bits per heavy atom. The van der Waals surface area contributed by atoms with Gasteiger partial charge in [-0.3, -0.25) is 4.79 Å². The third-order valence-corrected chi connectivity index (χ3v) is 8.17. The van der Waals surface area contributed by atoms with E-state index in [4.69, 9.17) is 0 Å². The zero-order chi connectivity index (χ0) is 18.4. The Morgan fingerprint density at radius 3 is 2.08 bits per heavy atom. The molecule has 138 valence electrons. The summed E-state index contributed by atoms with van der Waals surface area (Å²) < 4.78 is 0. The van der Waals surface area contributed by atoms with Crippen LogP contribution in [0, 0.1) is 0 Å². The van der Waals surface area contributed by atoms with Crippen molar-refractivity contribution in [2.75, 3.05) is 0 Å². The van der Waals surface area contributed by atoms with Gasteiger partial charge in [0.1, 0.15) is 0 Å². The first-order valence-corrected chi connectivity index (χ1v) is 12.0. The van der Waals surface area contributed by atoms with Crippen LogP contribution in [0.1, 0.15) is 66.9 Å². The van der Waals surface area contributed by atoms with Crippen molar-refractivity contribution in [2.45, 2.75) is 58.8 Å². The molecule has 4 heteroatoms. The van der Waals surface area contributed by atoms with Gasteiger partial charge in [-0.1, -0.05) is 33.1 Å². The van der Waals surface area contributed by atoms with Gasteiger partial charge in [0.05, 0.1) is 4.88 Å². The summed E-state index contributed by atoms with van der Waals surface area (Å²) in [6.45, 7) is 4.38. The van der Waals surface area contributed by atoms with Crippen molar-refractivity contribution in [3.63, 3.8) is 0 Å². The SMILES string of the molecule is CCCCCc1ccc(-c2ccc(-c3ccc(C(=O)CCCC)s3)s2)s1. The third-order valence-electron chi connectivity index (χ3n) is 4.42. The molecule has 0 unspecified atom stereocenters. The van der Waals surface area contributed by atoms with Crippen LogP contribution < -0.4 is 0 Å². The van der Waals surface area contributed by atoms with Gasteiger partial charge in [0, 0.05) is 30.8 Å². The Hall–Kier alpha value is -1.23. The van der Waals surface area contributed by atoms with Crippen LogP contribution >= 0.6 is 34.0 Å². The number of carbonyl (C=O) groups excluding carboxylic acids is 1. The molecule has 3 rings (SSSR count). The molecule has 3 aromatic rings. The molecule has 0 aromatic carbocycles. The predicted octanol–water partition coefficient (Wildman–Crippen LogP) is 8.31. The molecule has 0 saturated carbocycles. The lowest BCUT2D eigenvalue weighted by Crippen LogP contribution is -1.94. The van der Waals surface area contributed by atoms with Crippen molar-refractivity contribution < 1.29 is 4.79 Å². The summed E-state index contributed by atoms with van der Waals surface area (Å²) in [5, 5.41) is 0. The minimum absolute atomic E-state index is 0.287. The highest BCUT2D eigenvalue weighted by Crippen LogP contribution is 2.40. The standard InChI is InChI=1S/C22H26OS3/c1-3-5-7-8-16-10-11-19(24-16)20-14-15-22(26-20)21-13-12-18(25-21)17(23)9-6-4-2/h10-15H,3-9H2,1-2H3. The van der Waals surface area contributed by atoms with E-state index in [-0.39, 0.29) is 5.78 Å². The first kappa shape index (κ1) is 19.5. The second-order valence-electron chi connectivity index (χ2n) is 6.58. The second kappa shape index (κ2) is 9.63. The van der Waals surface area contributed by atoms with Gasteiger partial charge in [0.2, 0.25) is 0 Å². The van der Waals surface area contributed by atoms with Crippen LogP contribution in [0.4, 0.5) is 0 Å². The molecule has 3 heterocycles. The van der Waals surface area contributed by atoms with E-state index in [0.717, 1.165) is 17.7 Å². The lowest BCUT2D eigenvalue weighted by molar-refractivity contribution is 0.0983. The summed E-state index contributed by atoms with van der Waals surface area (Å²) in [6.07, 6.45) is 7.79. The first-order valence-electron chi connectivity index (χ1n) is 9.53. The minimum Gasteiger partial charge on any atom is -0.293 e. The van der Waals surface area contributed by atoms with E-state index >= 15 is 0 Å². The normalized spacial score (nSPS) is 11.2. The molecule has 0 fully saturated rings. The maximum absolute atomic E-state index is 12.2. The van der Waals surface area contributed by atoms with Crippen LogP contribution in [-0.4, -0.2) is 5.78 Å². The van der Waals surface area contributed by atoms with E-state index in [1.54, 1.807) is 11.3 Å². The molecule has 0 N–H and O–H groups in total. The van der Waals surface area contributed by atoms with Gasteiger partial charge in [-0.2, -0.15) is 0 Å². The highest BCUT2D eigenvalue weighted by molar-refractivity contribution is 7.26. The average molecular weight is 403 g/mol. The summed E-state index contributed by atoms with van der Waals surface area (Å²) in [7, 11) is 0. The lowest BCUT2D eigenvalue weighted by Gasteiger charge is -1.95. The Morgan fingerprint density at radius 2 is 1.35 bits per heavy atom. The van der Waals surface area contributed by atoms with Gasteiger partial charge in [0.25, 0.3) is 0 Å². The summed E-state index contributed by atoms with van der Waals surface area (Å²) >= 11 is 5.39. The van der Waals surface area contributed by atoms with Gasteiger partial charge in [-0.15, -0.1) is 34.0 Å². The molecule has 0 aliphatic heterocycles. The van der Waals surface area contributed by atoms with Crippen LogP contribution in [0.3, 0.4) is 0 Å². The molecule has 26 heavy (non-hydrogen) atoms. The maximum Gasteiger partial charge on any atom is 0.172 e. The van der Waals surface area contributed by atoms with Gasteiger partial charge in [-0.25, -0.2) is 0 Å². The van der Waals surface area contributed by atoms with E-state index in [9.17, 15) is 4.79 Å². The van der Waals surface area contributed by atoms with Gasteiger partial charge < -0.3 is 0 Å². The highest BCUT2D eigenvalue weighted by atomic mass is 32.1. The number of thiophene rings is 3. The molecule has 0 radical (unpaired) electrons. The second-order valence-corrected chi connectivity index (χ2v) is 9.91. The maximum atomic E-state index is 12.2. The summed E-state index contributed by atoms with van der Waals surface area (Å²) in [5.74, 6) is 0.287. The van der Waals surface area contributed by atoms with Crippen molar-refractivity contribution in [3.05, 3.63) is 46.2 Å². The van der Waals surface area contributed by atoms with Crippen molar-refractivity contribution in [2.24, 2.45) is 0 Å². The number of unbranched alkanes of at least 4 members (excludes halogenated alkanes) is 3. The first-order chi connectivity index (χ1) is 12.7. The minimum atomic E-state index is 0.287. The smallest absolute Gasteiger partial charge is 0.172 e. The molecule has 0 spiro atoms. The van der Waals surface area contributed by atoms with Gasteiger partial charge in [-0.05, 0) is 55.7 Å². The topological polar surface area (TPSA) is 17.1 Å². The predicted molar refractivity (Wildman–Crippen MR) is 118 cm³/mol. The molecule has 0 amide bonds. The number of hydrogen-bond donors (Lipinski definition) is 0. The Kier molecular flexibility index (Phi) is 7.23. The Balaban J connectivity index is 1.68. The van der Waals surface area contributed by atoms with E-state index in [1.165, 1.54) is 50.1 Å². The van der Waals surface area contributed by atoms with Gasteiger partial charge >= 0.3 is 0 Å². The molecule has 3 aromatic heterocycles. The quantitative estimate of drug-likeness (QED) is 0.246. The van der Waals surface area contributed by atoms with Crippen molar-refractivity contribution in [1.82, 2.24) is 0 Å². The van der Waals surface area contributed by atoms with E-state index < -0.39 is 0 Å². The summed E-state index contributed by atoms with van der Waals surface area (Å²) in [5.41, 5.74) is 0. The molecule has 0 atom stereocenters. The fourth-order valence-electron chi connectivity index (χ4n) is 2.88. The van der Waals surface area contributed by atoms with Crippen LogP contribution in [0.2, 0.25) is 0 Å². The lowest BCUT2D eigenvalue weighted by atomic mass is 10.1. The van der Waals surface area contributed by atoms with Crippen molar-refractivity contribution >= 4 is 39.8 Å². The zero-order valence-corrected chi connectivity index (χ0v) is 18.0. The van der Waals surface area contributed by atoms with Crippen LogP contribution in [0.25, 0.3) is 19.5 Å². The molecule has 0 saturated heterocycles. The largest absolute Gasteiger partial charge is 0.293 e. The van der Waals surface area contributed by atoms with Crippen LogP contribution in [0.5, 0.6) is 0 Å². The molecular formula is C22H26OS3. The molecule has 1 nitrogen and oxygen atoms in total. The van der Waals surface area contributed by atoms with Crippen molar-refractivity contribution in [1.29, 1.82) is 0 Å². The monoisotopic (exact) mass is 402 g/mol. The molecule has 0 aliphatic rings. The molecular weight excluding hydrogens is 376 g/mol. The number of rotatable bonds is 10. The van der Waals surface area contributed by atoms with Crippen molar-refractivity contribution in [3.8, 4) is 19.5 Å². The number of carbonyl (C=O) groups is 1. The van der Waals surface area contributed by atoms with Crippen LogP contribution in [0.15, 0.2) is 36.4 Å². The van der Waals surface area contributed by atoms with E-state index in [2.05, 4.69) is 44.2 Å². The van der Waals surface area contributed by atoms with E-state index in [0.29, 0.717) is 6.42 Å². The third kappa shape index (κ3) is 4.93.